The van der Waals surface area contributed by atoms with Crippen LogP contribution < -0.4 is 0 Å². The number of hydrogen-bond acceptors (Lipinski definition) is 2. The van der Waals surface area contributed by atoms with E-state index in [1.54, 1.807) is 0 Å². The highest BCUT2D eigenvalue weighted by Crippen LogP contribution is 2.36. The lowest BCUT2D eigenvalue weighted by Crippen LogP contribution is -2.19. The van der Waals surface area contributed by atoms with Crippen molar-refractivity contribution < 1.29 is 0 Å². The van der Waals surface area contributed by atoms with Gasteiger partial charge in [-0.3, -0.25) is 0 Å². The highest BCUT2D eigenvalue weighted by molar-refractivity contribution is 8.03. The second-order valence-electron chi connectivity index (χ2n) is 4.52. The molecule has 0 aromatic carbocycles. The van der Waals surface area contributed by atoms with Gasteiger partial charge in [-0.15, -0.1) is 0 Å². The van der Waals surface area contributed by atoms with Crippen LogP contribution in [0.4, 0.5) is 0 Å². The molecule has 82 valence electrons. The Morgan fingerprint density at radius 1 is 0.571 bits per heavy atom. The van der Waals surface area contributed by atoms with Crippen LogP contribution in [0.5, 0.6) is 0 Å². The summed E-state index contributed by atoms with van der Waals surface area (Å²) >= 11 is 4.56. The monoisotopic (exact) mass is 230 g/mol. The third-order valence-corrected chi connectivity index (χ3v) is 6.55. The molecule has 2 aliphatic rings. The Morgan fingerprint density at radius 2 is 1.07 bits per heavy atom. The van der Waals surface area contributed by atoms with Crippen molar-refractivity contribution >= 4 is 23.5 Å². The minimum absolute atomic E-state index is 1.00. The lowest BCUT2D eigenvalue weighted by Gasteiger charge is -2.23. The Bertz CT molecular complexity index is 124. The van der Waals surface area contributed by atoms with E-state index < -0.39 is 0 Å². The maximum absolute atomic E-state index is 2.28. The van der Waals surface area contributed by atoms with Crippen LogP contribution >= 0.6 is 23.5 Å². The third kappa shape index (κ3) is 3.37. The predicted molar refractivity (Wildman–Crippen MR) is 69.4 cm³/mol. The summed E-state index contributed by atoms with van der Waals surface area (Å²) < 4.78 is 0. The first-order valence-electron chi connectivity index (χ1n) is 6.20. The van der Waals surface area contributed by atoms with Crippen molar-refractivity contribution in [2.75, 3.05) is 11.5 Å². The molecule has 0 aliphatic carbocycles. The topological polar surface area (TPSA) is 0 Å². The molecule has 2 fully saturated rings. The maximum Gasteiger partial charge on any atom is 0.0166 e. The third-order valence-electron chi connectivity index (χ3n) is 3.34. The molecule has 0 aromatic heterocycles. The van der Waals surface area contributed by atoms with Crippen LogP contribution in [0.1, 0.15) is 51.4 Å². The van der Waals surface area contributed by atoms with Crippen molar-refractivity contribution in [1.29, 1.82) is 0 Å². The van der Waals surface area contributed by atoms with Gasteiger partial charge in [0.25, 0.3) is 0 Å². The molecule has 14 heavy (non-hydrogen) atoms. The van der Waals surface area contributed by atoms with E-state index in [4.69, 9.17) is 0 Å². The molecule has 0 bridgehead atoms. The van der Waals surface area contributed by atoms with Gasteiger partial charge in [0.15, 0.2) is 0 Å². The summed E-state index contributed by atoms with van der Waals surface area (Å²) in [6, 6.07) is 0. The van der Waals surface area contributed by atoms with Gasteiger partial charge >= 0.3 is 0 Å². The molecule has 2 unspecified atom stereocenters. The minimum atomic E-state index is 1.00. The van der Waals surface area contributed by atoms with Crippen molar-refractivity contribution in [2.45, 2.75) is 61.9 Å². The van der Waals surface area contributed by atoms with Crippen molar-refractivity contribution in [3.8, 4) is 0 Å². The molecular weight excluding hydrogens is 208 g/mol. The minimum Gasteiger partial charge on any atom is -0.157 e. The van der Waals surface area contributed by atoms with E-state index in [0.29, 0.717) is 0 Å². The van der Waals surface area contributed by atoms with E-state index in [1.807, 2.05) is 0 Å². The first-order chi connectivity index (χ1) is 6.97. The lowest BCUT2D eigenvalue weighted by molar-refractivity contribution is 0.605. The number of rotatable bonds is 1. The van der Waals surface area contributed by atoms with Crippen LogP contribution in [0.25, 0.3) is 0 Å². The summed E-state index contributed by atoms with van der Waals surface area (Å²) in [5.74, 6) is 2.86. The van der Waals surface area contributed by atoms with Crippen LogP contribution in [0, 0.1) is 0 Å². The SMILES string of the molecule is C1CCSC(C2CCCCCS2)CC1. The zero-order valence-electron chi connectivity index (χ0n) is 9.04. The van der Waals surface area contributed by atoms with E-state index in [1.165, 1.54) is 62.9 Å². The molecule has 2 rings (SSSR count). The standard InChI is InChI=1S/C12H22S2/c1-3-7-11(13-9-5-1)12-8-4-2-6-10-14-12/h11-12H,1-10H2. The molecule has 2 saturated heterocycles. The van der Waals surface area contributed by atoms with E-state index in [0.717, 1.165) is 10.5 Å². The molecular formula is C12H22S2. The van der Waals surface area contributed by atoms with Crippen molar-refractivity contribution in [3.05, 3.63) is 0 Å². The summed E-state index contributed by atoms with van der Waals surface area (Å²) in [5, 5.41) is 2.00. The molecule has 2 aliphatic heterocycles. The van der Waals surface area contributed by atoms with Crippen molar-refractivity contribution in [2.24, 2.45) is 0 Å². The Hall–Kier alpha value is 0.700. The van der Waals surface area contributed by atoms with E-state index in [-0.39, 0.29) is 0 Å². The van der Waals surface area contributed by atoms with Gasteiger partial charge in [0.1, 0.15) is 0 Å². The summed E-state index contributed by atoms with van der Waals surface area (Å²) in [7, 11) is 0. The molecule has 0 amide bonds. The molecule has 2 heteroatoms. The Labute approximate surface area is 97.0 Å². The fourth-order valence-electron chi connectivity index (χ4n) is 2.47. The summed E-state index contributed by atoms with van der Waals surface area (Å²) in [5.41, 5.74) is 0. The van der Waals surface area contributed by atoms with Crippen LogP contribution in [0.2, 0.25) is 0 Å². The summed E-state index contributed by atoms with van der Waals surface area (Å²) in [4.78, 5) is 0. The number of thioether (sulfide) groups is 2. The van der Waals surface area contributed by atoms with Gasteiger partial charge < -0.3 is 0 Å². The van der Waals surface area contributed by atoms with Crippen molar-refractivity contribution in [1.82, 2.24) is 0 Å². The molecule has 0 nitrogen and oxygen atoms in total. The van der Waals surface area contributed by atoms with Gasteiger partial charge in [0.05, 0.1) is 0 Å². The van der Waals surface area contributed by atoms with Crippen LogP contribution in [-0.4, -0.2) is 22.0 Å². The molecule has 2 atom stereocenters. The van der Waals surface area contributed by atoms with Gasteiger partial charge in [-0.2, -0.15) is 23.5 Å². The highest BCUT2D eigenvalue weighted by atomic mass is 32.2. The van der Waals surface area contributed by atoms with E-state index in [2.05, 4.69) is 23.5 Å². The quantitative estimate of drug-likeness (QED) is 0.657. The van der Waals surface area contributed by atoms with Gasteiger partial charge in [0.2, 0.25) is 0 Å². The molecule has 0 saturated carbocycles. The fourth-order valence-corrected chi connectivity index (χ4v) is 5.66. The highest BCUT2D eigenvalue weighted by Gasteiger charge is 2.24. The summed E-state index contributed by atoms with van der Waals surface area (Å²) in [6.45, 7) is 0. The van der Waals surface area contributed by atoms with E-state index >= 15 is 0 Å². The Balaban J connectivity index is 1.83. The van der Waals surface area contributed by atoms with E-state index in [9.17, 15) is 0 Å². The predicted octanol–water partition coefficient (Wildman–Crippen LogP) is 4.34. The van der Waals surface area contributed by atoms with Gasteiger partial charge in [0, 0.05) is 10.5 Å². The second-order valence-corrected chi connectivity index (χ2v) is 7.21. The first-order valence-corrected chi connectivity index (χ1v) is 8.30. The Kier molecular flexibility index (Phi) is 5.05. The number of hydrogen-bond donors (Lipinski definition) is 0. The summed E-state index contributed by atoms with van der Waals surface area (Å²) in [6.07, 6.45) is 11.9. The van der Waals surface area contributed by atoms with Gasteiger partial charge in [-0.05, 0) is 37.2 Å². The van der Waals surface area contributed by atoms with Crippen LogP contribution in [0.15, 0.2) is 0 Å². The average Bonchev–Trinajstić information content (AvgIpc) is 2.62. The smallest absolute Gasteiger partial charge is 0.0166 e. The van der Waals surface area contributed by atoms with Crippen LogP contribution in [-0.2, 0) is 0 Å². The molecule has 0 radical (unpaired) electrons. The zero-order valence-corrected chi connectivity index (χ0v) is 10.7. The molecule has 0 N–H and O–H groups in total. The second kappa shape index (κ2) is 6.32. The molecule has 0 spiro atoms. The normalized spacial score (nSPS) is 36.0. The van der Waals surface area contributed by atoms with Crippen LogP contribution in [0.3, 0.4) is 0 Å². The zero-order chi connectivity index (χ0) is 9.64. The Morgan fingerprint density at radius 3 is 1.57 bits per heavy atom. The van der Waals surface area contributed by atoms with Gasteiger partial charge in [-0.1, -0.05) is 25.7 Å². The van der Waals surface area contributed by atoms with Crippen molar-refractivity contribution in [3.63, 3.8) is 0 Å². The first kappa shape index (κ1) is 11.2. The maximum atomic E-state index is 2.28. The van der Waals surface area contributed by atoms with Gasteiger partial charge in [-0.25, -0.2) is 0 Å². The fraction of sp³-hybridized carbons (Fsp3) is 1.00. The molecule has 0 aromatic rings. The molecule has 2 heterocycles. The largest absolute Gasteiger partial charge is 0.157 e. The average molecular weight is 230 g/mol. The lowest BCUT2D eigenvalue weighted by atomic mass is 10.1.